The number of thioether (sulfide) groups is 2. The maximum Gasteiger partial charge on any atom is 0.346 e. The van der Waals surface area contributed by atoms with Crippen LogP contribution in [0.1, 0.15) is 47.1 Å². The highest BCUT2D eigenvalue weighted by Crippen LogP contribution is 2.56. The fraction of sp³-hybridized carbons (Fsp3) is 0.440. The summed E-state index contributed by atoms with van der Waals surface area (Å²) < 4.78 is 16.5. The van der Waals surface area contributed by atoms with Crippen LogP contribution in [0.5, 0.6) is 5.75 Å². The van der Waals surface area contributed by atoms with Gasteiger partial charge in [-0.3, -0.25) is 4.79 Å². The first kappa shape index (κ1) is 27.3. The second-order valence-electron chi connectivity index (χ2n) is 8.57. The maximum atomic E-state index is 13.3. The highest BCUT2D eigenvalue weighted by atomic mass is 32.2. The van der Waals surface area contributed by atoms with E-state index < -0.39 is 17.5 Å². The minimum Gasteiger partial charge on any atom is -0.497 e. The van der Waals surface area contributed by atoms with E-state index in [0.29, 0.717) is 31.7 Å². The lowest BCUT2D eigenvalue weighted by Crippen LogP contribution is -2.57. The van der Waals surface area contributed by atoms with Gasteiger partial charge >= 0.3 is 11.9 Å². The van der Waals surface area contributed by atoms with Crippen molar-refractivity contribution in [2.75, 3.05) is 25.2 Å². The Kier molecular flexibility index (Phi) is 8.39. The number of esters is 2. The molecule has 1 amide bonds. The third-order valence-corrected chi connectivity index (χ3v) is 8.75. The quantitative estimate of drug-likeness (QED) is 0.273. The minimum absolute atomic E-state index is 0.0582. The van der Waals surface area contributed by atoms with Crippen molar-refractivity contribution >= 4 is 69.7 Å². The Morgan fingerprint density at radius 3 is 2.03 bits per heavy atom. The monoisotopic (exact) mass is 535 g/mol. The van der Waals surface area contributed by atoms with Crippen molar-refractivity contribution in [3.05, 3.63) is 37.8 Å². The Morgan fingerprint density at radius 2 is 1.57 bits per heavy atom. The number of hydrogen-bond acceptors (Lipinski definition) is 9. The van der Waals surface area contributed by atoms with E-state index in [4.69, 9.17) is 26.4 Å². The van der Waals surface area contributed by atoms with Crippen LogP contribution in [0.15, 0.2) is 32.2 Å². The second kappa shape index (κ2) is 10.8. The molecular weight excluding hydrogens is 506 g/mol. The summed E-state index contributed by atoms with van der Waals surface area (Å²) in [4.78, 5) is 41.3. The van der Waals surface area contributed by atoms with Crippen LogP contribution in [0.4, 0.5) is 5.69 Å². The number of ether oxygens (including phenoxy) is 3. The van der Waals surface area contributed by atoms with E-state index in [2.05, 4.69) is 0 Å². The second-order valence-corrected chi connectivity index (χ2v) is 11.3. The summed E-state index contributed by atoms with van der Waals surface area (Å²) in [6.45, 7) is 11.3. The van der Waals surface area contributed by atoms with Gasteiger partial charge in [0.1, 0.15) is 15.6 Å². The van der Waals surface area contributed by atoms with Crippen molar-refractivity contribution in [1.29, 1.82) is 0 Å². The fourth-order valence-corrected chi connectivity index (χ4v) is 6.77. The standard InChI is InChI=1S/C25H29NO6S3/c1-8-31-22(28)18-19(23(29)32-9-2)35-24(34-18)17-15-12-14(30-7)10-11-16(15)26(21(27)13(3)4)25(5,6)20(17)33/h10-13H,8-9H2,1-7H3. The Hall–Kier alpha value is -2.30. The first-order chi connectivity index (χ1) is 16.5. The third kappa shape index (κ3) is 5.01. The lowest BCUT2D eigenvalue weighted by molar-refractivity contribution is -0.140. The largest absolute Gasteiger partial charge is 0.497 e. The predicted molar refractivity (Wildman–Crippen MR) is 144 cm³/mol. The number of amides is 1. The number of anilines is 1. The molecule has 0 N–H and O–H groups in total. The molecule has 0 radical (unpaired) electrons. The van der Waals surface area contributed by atoms with E-state index in [0.717, 1.165) is 23.5 Å². The average Bonchev–Trinajstić information content (AvgIpc) is 3.25. The van der Waals surface area contributed by atoms with Crippen LogP contribution < -0.4 is 9.64 Å². The average molecular weight is 536 g/mol. The number of thiocarbonyl (C=S) groups is 1. The molecule has 2 aliphatic rings. The number of carbonyl (C=O) groups is 3. The molecule has 0 fully saturated rings. The van der Waals surface area contributed by atoms with Crippen molar-refractivity contribution in [2.45, 2.75) is 47.1 Å². The molecule has 3 rings (SSSR count). The molecule has 1 aromatic rings. The first-order valence-electron chi connectivity index (χ1n) is 11.2. The van der Waals surface area contributed by atoms with Crippen molar-refractivity contribution < 1.29 is 28.6 Å². The number of benzene rings is 1. The van der Waals surface area contributed by atoms with E-state index in [9.17, 15) is 14.4 Å². The summed E-state index contributed by atoms with van der Waals surface area (Å²) in [5.74, 6) is -0.890. The highest BCUT2D eigenvalue weighted by Gasteiger charge is 2.46. The van der Waals surface area contributed by atoms with Crippen molar-refractivity contribution in [3.63, 3.8) is 0 Å². The molecular formula is C25H29NO6S3. The van der Waals surface area contributed by atoms with Crippen LogP contribution in [-0.4, -0.2) is 48.6 Å². The molecule has 0 saturated carbocycles. The summed E-state index contributed by atoms with van der Waals surface area (Å²) in [5, 5.41) is 0. The van der Waals surface area contributed by atoms with E-state index >= 15 is 0 Å². The van der Waals surface area contributed by atoms with Gasteiger partial charge in [0.25, 0.3) is 0 Å². The van der Waals surface area contributed by atoms with Gasteiger partial charge in [0.15, 0.2) is 0 Å². The van der Waals surface area contributed by atoms with Crippen LogP contribution >= 0.6 is 35.7 Å². The minimum atomic E-state index is -0.835. The number of fused-ring (bicyclic) bond motifs is 1. The van der Waals surface area contributed by atoms with Crippen LogP contribution in [0, 0.1) is 5.92 Å². The fourth-order valence-electron chi connectivity index (χ4n) is 3.79. The summed E-state index contributed by atoms with van der Waals surface area (Å²) in [6, 6.07) is 5.47. The molecule has 0 saturated heterocycles. The van der Waals surface area contributed by atoms with Crippen LogP contribution in [0.25, 0.3) is 5.57 Å². The molecule has 0 bridgehead atoms. The topological polar surface area (TPSA) is 82.1 Å². The molecule has 0 aromatic heterocycles. The first-order valence-corrected chi connectivity index (χ1v) is 13.3. The molecule has 35 heavy (non-hydrogen) atoms. The molecule has 1 aromatic carbocycles. The van der Waals surface area contributed by atoms with Gasteiger partial charge in [-0.05, 0) is 45.9 Å². The number of rotatable bonds is 6. The van der Waals surface area contributed by atoms with Gasteiger partial charge in [0.2, 0.25) is 5.91 Å². The van der Waals surface area contributed by atoms with E-state index in [1.165, 1.54) is 0 Å². The van der Waals surface area contributed by atoms with Crippen molar-refractivity contribution in [1.82, 2.24) is 0 Å². The normalized spacial score (nSPS) is 17.0. The number of carbonyl (C=O) groups excluding carboxylic acids is 3. The van der Waals surface area contributed by atoms with E-state index in [1.54, 1.807) is 31.9 Å². The lowest BCUT2D eigenvalue weighted by Gasteiger charge is -2.46. The molecule has 2 heterocycles. The Labute approximate surface area is 219 Å². The van der Waals surface area contributed by atoms with Gasteiger partial charge in [-0.1, -0.05) is 49.6 Å². The SMILES string of the molecule is CCOC(=O)C1=C(C(=O)OCC)SC(=C2C(=S)C(C)(C)N(C(=O)C(C)C)c3ccc(OC)cc32)S1. The third-order valence-electron chi connectivity index (χ3n) is 5.49. The number of nitrogens with zero attached hydrogens (tertiary/aromatic N) is 1. The van der Waals surface area contributed by atoms with Gasteiger partial charge in [-0.2, -0.15) is 0 Å². The Bertz CT molecular complexity index is 1120. The summed E-state index contributed by atoms with van der Waals surface area (Å²) >= 11 is 8.26. The molecule has 2 aliphatic heterocycles. The smallest absolute Gasteiger partial charge is 0.346 e. The summed E-state index contributed by atoms with van der Waals surface area (Å²) in [5.41, 5.74) is 1.24. The number of hydrogen-bond donors (Lipinski definition) is 0. The number of methoxy groups -OCH3 is 1. The van der Waals surface area contributed by atoms with Crippen LogP contribution in [0.3, 0.4) is 0 Å². The van der Waals surface area contributed by atoms with Gasteiger partial charge in [0.05, 0.1) is 40.7 Å². The van der Waals surface area contributed by atoms with E-state index in [-0.39, 0.29) is 34.8 Å². The Balaban J connectivity index is 2.25. The molecule has 0 aliphatic carbocycles. The van der Waals surface area contributed by atoms with Gasteiger partial charge in [-0.15, -0.1) is 0 Å². The molecule has 188 valence electrons. The zero-order valence-electron chi connectivity index (χ0n) is 20.8. The van der Waals surface area contributed by atoms with Crippen molar-refractivity contribution in [3.8, 4) is 5.75 Å². The summed E-state index contributed by atoms with van der Waals surface area (Å²) in [6.07, 6.45) is 0. The van der Waals surface area contributed by atoms with Gasteiger partial charge < -0.3 is 19.1 Å². The predicted octanol–water partition coefficient (Wildman–Crippen LogP) is 5.33. The zero-order chi connectivity index (χ0) is 26.1. The highest BCUT2D eigenvalue weighted by molar-refractivity contribution is 8.29. The van der Waals surface area contributed by atoms with E-state index in [1.807, 2.05) is 39.8 Å². The zero-order valence-corrected chi connectivity index (χ0v) is 23.3. The van der Waals surface area contributed by atoms with Crippen LogP contribution in [-0.2, 0) is 23.9 Å². The molecule has 0 atom stereocenters. The molecule has 10 heteroatoms. The summed E-state index contributed by atoms with van der Waals surface area (Å²) in [7, 11) is 1.56. The van der Waals surface area contributed by atoms with Crippen molar-refractivity contribution in [2.24, 2.45) is 5.92 Å². The van der Waals surface area contributed by atoms with Crippen LogP contribution in [0.2, 0.25) is 0 Å². The van der Waals surface area contributed by atoms with Gasteiger partial charge in [-0.25, -0.2) is 9.59 Å². The molecule has 7 nitrogen and oxygen atoms in total. The Morgan fingerprint density at radius 1 is 1.03 bits per heavy atom. The van der Waals surface area contributed by atoms with Gasteiger partial charge in [0, 0.05) is 17.1 Å². The maximum absolute atomic E-state index is 13.3. The molecule has 0 unspecified atom stereocenters. The lowest BCUT2D eigenvalue weighted by atomic mass is 9.82. The molecule has 0 spiro atoms.